The molecule has 5 rings (SSSR count). The van der Waals surface area contributed by atoms with Crippen molar-refractivity contribution in [2.24, 2.45) is 18.7 Å². The Morgan fingerprint density at radius 3 is 2.82 bits per heavy atom. The first-order chi connectivity index (χ1) is 16.4. The van der Waals surface area contributed by atoms with Crippen molar-refractivity contribution in [2.75, 3.05) is 0 Å². The number of fused-ring (bicyclic) bond motifs is 1. The van der Waals surface area contributed by atoms with Crippen LogP contribution < -0.4 is 5.73 Å². The van der Waals surface area contributed by atoms with Gasteiger partial charge in [-0.05, 0) is 55.0 Å². The lowest BCUT2D eigenvalue weighted by Gasteiger charge is -2.46. The van der Waals surface area contributed by atoms with E-state index in [9.17, 15) is 10.1 Å². The second kappa shape index (κ2) is 7.96. The summed E-state index contributed by atoms with van der Waals surface area (Å²) in [6.45, 7) is 5.90. The zero-order chi connectivity index (χ0) is 24.0. The number of nitriles is 1. The van der Waals surface area contributed by atoms with E-state index < -0.39 is 5.91 Å². The predicted molar refractivity (Wildman–Crippen MR) is 129 cm³/mol. The normalized spacial score (nSPS) is 19.5. The number of carbonyl (C=O) groups excluding carboxylic acids is 1. The molecule has 8 nitrogen and oxygen atoms in total. The molecule has 3 heterocycles. The van der Waals surface area contributed by atoms with Gasteiger partial charge in [0.15, 0.2) is 0 Å². The summed E-state index contributed by atoms with van der Waals surface area (Å²) in [6, 6.07) is 12.4. The zero-order valence-corrected chi connectivity index (χ0v) is 19.2. The first-order valence-electron chi connectivity index (χ1n) is 11.1. The van der Waals surface area contributed by atoms with Crippen molar-refractivity contribution < 1.29 is 4.79 Å². The highest BCUT2D eigenvalue weighted by atomic mass is 16.1. The molecule has 0 unspecified atom stereocenters. The summed E-state index contributed by atoms with van der Waals surface area (Å²) in [7, 11) is 1.96. The Labute approximate surface area is 197 Å². The van der Waals surface area contributed by atoms with Crippen LogP contribution in [0.15, 0.2) is 49.4 Å². The minimum absolute atomic E-state index is 0.219. The number of rotatable bonds is 6. The number of pyridine rings is 1. The third-order valence-electron chi connectivity index (χ3n) is 6.90. The highest BCUT2D eigenvalue weighted by Crippen LogP contribution is 2.53. The number of primary amides is 1. The van der Waals surface area contributed by atoms with Gasteiger partial charge in [-0.25, -0.2) is 4.98 Å². The quantitative estimate of drug-likeness (QED) is 0.478. The van der Waals surface area contributed by atoms with E-state index in [1.54, 1.807) is 18.5 Å². The number of hydrogen-bond acceptors (Lipinski definition) is 5. The minimum Gasteiger partial charge on any atom is -0.364 e. The first kappa shape index (κ1) is 21.6. The van der Waals surface area contributed by atoms with E-state index in [1.165, 1.54) is 0 Å². The molecule has 2 N–H and O–H groups in total. The van der Waals surface area contributed by atoms with E-state index in [2.05, 4.69) is 44.5 Å². The number of aromatic nitrogens is 5. The fraction of sp³-hybridized carbons (Fsp3) is 0.269. The monoisotopic (exact) mass is 451 g/mol. The average molecular weight is 452 g/mol. The summed E-state index contributed by atoms with van der Waals surface area (Å²) >= 11 is 0. The topological polar surface area (TPSA) is 115 Å². The van der Waals surface area contributed by atoms with E-state index >= 15 is 0 Å². The third kappa shape index (κ3) is 3.20. The largest absolute Gasteiger partial charge is 0.364 e. The van der Waals surface area contributed by atoms with Gasteiger partial charge in [-0.2, -0.15) is 5.26 Å². The van der Waals surface area contributed by atoms with Crippen molar-refractivity contribution in [1.82, 2.24) is 24.3 Å². The van der Waals surface area contributed by atoms with Crippen molar-refractivity contribution in [3.8, 4) is 11.8 Å². The van der Waals surface area contributed by atoms with Crippen molar-refractivity contribution in [3.05, 3.63) is 77.6 Å². The number of hydrogen-bond donors (Lipinski definition) is 1. The van der Waals surface area contributed by atoms with Crippen LogP contribution in [0.2, 0.25) is 0 Å². The molecule has 0 radical (unpaired) electrons. The van der Waals surface area contributed by atoms with Gasteiger partial charge in [-0.15, -0.1) is 10.2 Å². The Morgan fingerprint density at radius 1 is 1.38 bits per heavy atom. The Morgan fingerprint density at radius 2 is 2.18 bits per heavy atom. The lowest BCUT2D eigenvalue weighted by molar-refractivity contribution is 0.0996. The Bertz CT molecular complexity index is 1480. The molecule has 1 saturated carbocycles. The highest BCUT2D eigenvalue weighted by Gasteiger charge is 2.49. The number of aryl methyl sites for hydroxylation is 2. The molecule has 0 atom stereocenters. The second-order valence-electron chi connectivity index (χ2n) is 9.08. The maximum Gasteiger partial charge on any atom is 0.267 e. The summed E-state index contributed by atoms with van der Waals surface area (Å²) < 4.78 is 4.05. The smallest absolute Gasteiger partial charge is 0.267 e. The molecule has 0 aliphatic heterocycles. The predicted octanol–water partition coefficient (Wildman–Crippen LogP) is 3.81. The lowest BCUT2D eigenvalue weighted by Crippen LogP contribution is -2.44. The molecule has 34 heavy (non-hydrogen) atoms. The van der Waals surface area contributed by atoms with E-state index in [-0.39, 0.29) is 11.1 Å². The van der Waals surface area contributed by atoms with Crippen LogP contribution in [0.5, 0.6) is 0 Å². The van der Waals surface area contributed by atoms with Crippen LogP contribution in [0.25, 0.3) is 22.8 Å². The zero-order valence-electron chi connectivity index (χ0n) is 19.2. The van der Waals surface area contributed by atoms with Gasteiger partial charge in [0.25, 0.3) is 5.91 Å². The third-order valence-corrected chi connectivity index (χ3v) is 6.90. The van der Waals surface area contributed by atoms with Crippen LogP contribution in [-0.4, -0.2) is 30.2 Å². The van der Waals surface area contributed by atoms with Gasteiger partial charge in [0.05, 0.1) is 22.5 Å². The van der Waals surface area contributed by atoms with Gasteiger partial charge in [0.2, 0.25) is 0 Å². The molecule has 4 aromatic rings. The van der Waals surface area contributed by atoms with Crippen LogP contribution in [0.3, 0.4) is 0 Å². The first-order valence-corrected chi connectivity index (χ1v) is 11.1. The number of carbonyl (C=O) groups is 1. The molecule has 0 saturated heterocycles. The van der Waals surface area contributed by atoms with Crippen molar-refractivity contribution in [2.45, 2.75) is 31.6 Å². The minimum atomic E-state index is -0.568. The number of nitrogens with two attached hydrogens (primary N) is 1. The summed E-state index contributed by atoms with van der Waals surface area (Å²) in [5, 5.41) is 17.8. The van der Waals surface area contributed by atoms with Crippen LogP contribution in [0.4, 0.5) is 0 Å². The fourth-order valence-electron chi connectivity index (χ4n) is 5.31. The number of nitrogens with zero attached hydrogens (tertiary/aromatic N) is 6. The second-order valence-corrected chi connectivity index (χ2v) is 9.08. The van der Waals surface area contributed by atoms with Crippen molar-refractivity contribution in [3.63, 3.8) is 0 Å². The number of benzene rings is 1. The molecule has 0 bridgehead atoms. The molecular weight excluding hydrogens is 426 g/mol. The van der Waals surface area contributed by atoms with Crippen LogP contribution >= 0.6 is 0 Å². The molecule has 1 aliphatic carbocycles. The molecule has 1 aliphatic rings. The molecule has 1 fully saturated rings. The van der Waals surface area contributed by atoms with Crippen LogP contribution in [0.1, 0.15) is 52.3 Å². The van der Waals surface area contributed by atoms with Gasteiger partial charge < -0.3 is 14.9 Å². The van der Waals surface area contributed by atoms with E-state index in [0.29, 0.717) is 12.3 Å². The van der Waals surface area contributed by atoms with E-state index in [0.717, 1.165) is 52.1 Å². The Kier molecular flexibility index (Phi) is 5.05. The van der Waals surface area contributed by atoms with Gasteiger partial charge >= 0.3 is 0 Å². The van der Waals surface area contributed by atoms with Crippen LogP contribution in [-0.2, 0) is 12.5 Å². The molecular formula is C26H25N7O. The maximum absolute atomic E-state index is 11.8. The molecule has 1 amide bonds. The standard InChI is InChI=1S/C26H25N7O/c1-4-18-10-21(24(28)34)30-22-16(2)14-33(23(18)22)20-7-5-6-19(11-20)26(12-17(13-26)8-9-27)25-31-29-15-32(25)3/h4-7,10-11,14-15,17H,1,8,12-13H2,2-3H3,(H2,28,34). The average Bonchev–Trinajstić information content (AvgIpc) is 3.38. The molecule has 1 aromatic carbocycles. The Hall–Kier alpha value is -4.25. The number of amides is 1. The molecule has 170 valence electrons. The lowest BCUT2D eigenvalue weighted by atomic mass is 9.57. The SMILES string of the molecule is C=Cc1cc(C(N)=O)nc2c(C)cn(-c3cccc(C4(c5nncn5C)CC(CC#N)C4)c3)c12. The highest BCUT2D eigenvalue weighted by molar-refractivity contribution is 5.97. The summed E-state index contributed by atoms with van der Waals surface area (Å²) in [6.07, 6.45) is 7.70. The van der Waals surface area contributed by atoms with E-state index in [1.807, 2.05) is 36.9 Å². The van der Waals surface area contributed by atoms with Crippen molar-refractivity contribution >= 4 is 23.0 Å². The van der Waals surface area contributed by atoms with Crippen molar-refractivity contribution in [1.29, 1.82) is 5.26 Å². The molecule has 0 spiro atoms. The van der Waals surface area contributed by atoms with E-state index in [4.69, 9.17) is 5.73 Å². The summed E-state index contributed by atoms with van der Waals surface area (Å²) in [5.74, 6) is 0.678. The van der Waals surface area contributed by atoms with Gasteiger partial charge in [0.1, 0.15) is 17.8 Å². The fourth-order valence-corrected chi connectivity index (χ4v) is 5.31. The summed E-state index contributed by atoms with van der Waals surface area (Å²) in [4.78, 5) is 16.3. The molecule has 8 heteroatoms. The molecule has 3 aromatic heterocycles. The van der Waals surface area contributed by atoms with Gasteiger partial charge in [0, 0.05) is 30.9 Å². The maximum atomic E-state index is 11.8. The Balaban J connectivity index is 1.67. The van der Waals surface area contributed by atoms with Gasteiger partial charge in [-0.1, -0.05) is 24.8 Å². The van der Waals surface area contributed by atoms with Gasteiger partial charge in [-0.3, -0.25) is 4.79 Å². The summed E-state index contributed by atoms with van der Waals surface area (Å²) in [5.41, 5.74) is 10.9. The van der Waals surface area contributed by atoms with Crippen LogP contribution in [0, 0.1) is 24.2 Å².